The van der Waals surface area contributed by atoms with Crippen LogP contribution in [-0.2, 0) is 9.63 Å². The standard InChI is InChI=1S/C19H13NO4/c1-10(21)24-20-16-9-15-11-5-2-3-6-12(11)18(22)13-7-4-8-14(17(13)15)19(16)23/h2-9,20,23H,1H3. The SMILES string of the molecule is CC(=O)ONc1cc2c3c(cccc3c1O)C(=O)c1ccccc1-2. The van der Waals surface area contributed by atoms with Crippen molar-refractivity contribution in [2.24, 2.45) is 0 Å². The zero-order chi connectivity index (χ0) is 16.8. The molecule has 0 unspecified atom stereocenters. The highest BCUT2D eigenvalue weighted by Gasteiger charge is 2.27. The fraction of sp³-hybridized carbons (Fsp3) is 0.0526. The molecule has 0 heterocycles. The molecule has 5 nitrogen and oxygen atoms in total. The molecule has 4 rings (SSSR count). The van der Waals surface area contributed by atoms with Gasteiger partial charge in [-0.2, -0.15) is 0 Å². The number of ketones is 1. The van der Waals surface area contributed by atoms with Crippen LogP contribution >= 0.6 is 0 Å². The van der Waals surface area contributed by atoms with Gasteiger partial charge >= 0.3 is 5.97 Å². The third-order valence-electron chi connectivity index (χ3n) is 4.14. The highest BCUT2D eigenvalue weighted by atomic mass is 16.7. The van der Waals surface area contributed by atoms with E-state index in [-0.39, 0.29) is 17.2 Å². The molecule has 0 radical (unpaired) electrons. The van der Waals surface area contributed by atoms with Gasteiger partial charge in [-0.05, 0) is 17.2 Å². The molecule has 5 heteroatoms. The van der Waals surface area contributed by atoms with E-state index >= 15 is 0 Å². The first-order valence-electron chi connectivity index (χ1n) is 7.44. The van der Waals surface area contributed by atoms with E-state index in [4.69, 9.17) is 4.84 Å². The minimum atomic E-state index is -0.521. The number of anilines is 1. The molecule has 24 heavy (non-hydrogen) atoms. The van der Waals surface area contributed by atoms with Crippen LogP contribution in [0.1, 0.15) is 22.8 Å². The molecule has 0 aromatic heterocycles. The summed E-state index contributed by atoms with van der Waals surface area (Å²) in [6.07, 6.45) is 0. The van der Waals surface area contributed by atoms with Gasteiger partial charge in [-0.3, -0.25) is 9.59 Å². The van der Waals surface area contributed by atoms with Crippen molar-refractivity contribution < 1.29 is 19.5 Å². The van der Waals surface area contributed by atoms with E-state index in [1.165, 1.54) is 6.92 Å². The molecule has 3 aromatic carbocycles. The van der Waals surface area contributed by atoms with Crippen LogP contribution in [0.2, 0.25) is 0 Å². The van der Waals surface area contributed by atoms with Crippen molar-refractivity contribution >= 4 is 28.2 Å². The third kappa shape index (κ3) is 1.95. The summed E-state index contributed by atoms with van der Waals surface area (Å²) in [5.74, 6) is -0.653. The second kappa shape index (κ2) is 5.09. The first-order chi connectivity index (χ1) is 11.6. The zero-order valence-electron chi connectivity index (χ0n) is 12.8. The summed E-state index contributed by atoms with van der Waals surface area (Å²) in [7, 11) is 0. The molecular weight excluding hydrogens is 306 g/mol. The highest BCUT2D eigenvalue weighted by molar-refractivity contribution is 6.27. The number of rotatable bonds is 2. The number of phenolic OH excluding ortho intramolecular Hbond substituents is 1. The van der Waals surface area contributed by atoms with Crippen molar-refractivity contribution in [3.05, 3.63) is 59.7 Å². The van der Waals surface area contributed by atoms with Gasteiger partial charge in [0.1, 0.15) is 11.4 Å². The van der Waals surface area contributed by atoms with E-state index in [2.05, 4.69) is 5.48 Å². The lowest BCUT2D eigenvalue weighted by atomic mass is 9.82. The predicted molar refractivity (Wildman–Crippen MR) is 89.9 cm³/mol. The van der Waals surface area contributed by atoms with E-state index in [1.54, 1.807) is 30.3 Å². The number of phenols is 1. The number of carbonyl (C=O) groups excluding carboxylic acids is 2. The second-order valence-electron chi connectivity index (χ2n) is 5.62. The number of hydrogen-bond donors (Lipinski definition) is 2. The Bertz CT molecular complexity index is 1020. The van der Waals surface area contributed by atoms with Crippen LogP contribution in [-0.4, -0.2) is 16.9 Å². The second-order valence-corrected chi connectivity index (χ2v) is 5.62. The number of fused-ring (bicyclic) bond motifs is 2. The molecule has 0 saturated heterocycles. The van der Waals surface area contributed by atoms with Gasteiger partial charge in [0.2, 0.25) is 0 Å². The van der Waals surface area contributed by atoms with Gasteiger partial charge in [0, 0.05) is 28.8 Å². The Hall–Kier alpha value is -3.34. The minimum Gasteiger partial charge on any atom is -0.505 e. The molecule has 3 aromatic rings. The summed E-state index contributed by atoms with van der Waals surface area (Å²) < 4.78 is 0. The topological polar surface area (TPSA) is 75.6 Å². The molecule has 0 atom stereocenters. The van der Waals surface area contributed by atoms with E-state index < -0.39 is 5.97 Å². The van der Waals surface area contributed by atoms with E-state index in [9.17, 15) is 14.7 Å². The molecule has 0 saturated carbocycles. The van der Waals surface area contributed by atoms with Crippen LogP contribution in [0, 0.1) is 0 Å². The highest BCUT2D eigenvalue weighted by Crippen LogP contribution is 2.45. The first kappa shape index (κ1) is 14.3. The average Bonchev–Trinajstić information content (AvgIpc) is 2.59. The monoisotopic (exact) mass is 319 g/mol. The number of aromatic hydroxyl groups is 1. The van der Waals surface area contributed by atoms with Crippen molar-refractivity contribution in [2.75, 3.05) is 5.48 Å². The van der Waals surface area contributed by atoms with E-state index in [1.807, 2.05) is 18.2 Å². The average molecular weight is 319 g/mol. The molecule has 2 N–H and O–H groups in total. The molecule has 0 amide bonds. The summed E-state index contributed by atoms with van der Waals surface area (Å²) in [5.41, 5.74) is 5.51. The predicted octanol–water partition coefficient (Wildman–Crippen LogP) is 3.65. The van der Waals surface area contributed by atoms with Gasteiger partial charge in [0.15, 0.2) is 5.78 Å². The Balaban J connectivity index is 2.06. The molecule has 1 aliphatic carbocycles. The van der Waals surface area contributed by atoms with Crippen LogP contribution in [0.25, 0.3) is 21.9 Å². The summed E-state index contributed by atoms with van der Waals surface area (Å²) in [6.45, 7) is 1.27. The van der Waals surface area contributed by atoms with Crippen molar-refractivity contribution in [3.63, 3.8) is 0 Å². The largest absolute Gasteiger partial charge is 0.505 e. The molecule has 0 bridgehead atoms. The van der Waals surface area contributed by atoms with Gasteiger partial charge in [-0.15, -0.1) is 0 Å². The van der Waals surface area contributed by atoms with Crippen LogP contribution in [0.5, 0.6) is 5.75 Å². The number of hydrogen-bond acceptors (Lipinski definition) is 5. The van der Waals surface area contributed by atoms with E-state index in [0.29, 0.717) is 21.9 Å². The Morgan fingerprint density at radius 1 is 1.00 bits per heavy atom. The fourth-order valence-electron chi connectivity index (χ4n) is 3.14. The quantitative estimate of drug-likeness (QED) is 0.436. The first-order valence-corrected chi connectivity index (χ1v) is 7.44. The normalized spacial score (nSPS) is 12.0. The number of benzene rings is 3. The number of carbonyl (C=O) groups is 2. The van der Waals surface area contributed by atoms with Gasteiger partial charge in [0.05, 0.1) is 0 Å². The molecular formula is C19H13NO4. The van der Waals surface area contributed by atoms with Crippen molar-refractivity contribution in [1.29, 1.82) is 0 Å². The zero-order valence-corrected chi connectivity index (χ0v) is 12.8. The molecule has 118 valence electrons. The number of nitrogens with one attached hydrogen (secondary N) is 1. The Morgan fingerprint density at radius 3 is 2.46 bits per heavy atom. The van der Waals surface area contributed by atoms with Gasteiger partial charge in [-0.1, -0.05) is 42.5 Å². The van der Waals surface area contributed by atoms with Crippen LogP contribution in [0.15, 0.2) is 48.5 Å². The maximum atomic E-state index is 12.7. The van der Waals surface area contributed by atoms with Crippen molar-refractivity contribution in [3.8, 4) is 16.9 Å². The van der Waals surface area contributed by atoms with Crippen LogP contribution < -0.4 is 5.48 Å². The Kier molecular flexibility index (Phi) is 3.03. The third-order valence-corrected chi connectivity index (χ3v) is 4.14. The van der Waals surface area contributed by atoms with Crippen molar-refractivity contribution in [1.82, 2.24) is 0 Å². The Labute approximate surface area is 137 Å². The summed E-state index contributed by atoms with van der Waals surface area (Å²) >= 11 is 0. The minimum absolute atomic E-state index is 0.0657. The van der Waals surface area contributed by atoms with Gasteiger partial charge < -0.3 is 9.94 Å². The van der Waals surface area contributed by atoms with Crippen molar-refractivity contribution in [2.45, 2.75) is 6.92 Å². The summed E-state index contributed by atoms with van der Waals surface area (Å²) in [5, 5.41) is 11.7. The van der Waals surface area contributed by atoms with Gasteiger partial charge in [-0.25, -0.2) is 5.48 Å². The molecule has 1 aliphatic rings. The summed E-state index contributed by atoms with van der Waals surface area (Å²) in [6, 6.07) is 14.2. The van der Waals surface area contributed by atoms with Gasteiger partial charge in [0.25, 0.3) is 0 Å². The van der Waals surface area contributed by atoms with Crippen LogP contribution in [0.4, 0.5) is 5.69 Å². The fourth-order valence-corrected chi connectivity index (χ4v) is 3.14. The maximum Gasteiger partial charge on any atom is 0.329 e. The lowest BCUT2D eigenvalue weighted by Gasteiger charge is -2.21. The molecule has 0 fully saturated rings. The van der Waals surface area contributed by atoms with Crippen LogP contribution in [0.3, 0.4) is 0 Å². The molecule has 0 aliphatic heterocycles. The van der Waals surface area contributed by atoms with E-state index in [0.717, 1.165) is 11.1 Å². The summed E-state index contributed by atoms with van der Waals surface area (Å²) in [4.78, 5) is 28.6. The smallest absolute Gasteiger partial charge is 0.329 e. The maximum absolute atomic E-state index is 12.7. The molecule has 0 spiro atoms. The lowest BCUT2D eigenvalue weighted by Crippen LogP contribution is -2.11. The Morgan fingerprint density at radius 2 is 1.71 bits per heavy atom. The lowest BCUT2D eigenvalue weighted by molar-refractivity contribution is -0.138.